The van der Waals surface area contributed by atoms with Gasteiger partial charge in [0.1, 0.15) is 11.3 Å². The van der Waals surface area contributed by atoms with Gasteiger partial charge in [-0.15, -0.1) is 0 Å². The van der Waals surface area contributed by atoms with Gasteiger partial charge in [-0.25, -0.2) is 4.98 Å². The fourth-order valence-corrected chi connectivity index (χ4v) is 3.04. The molecule has 4 nitrogen and oxygen atoms in total. The molecule has 0 amide bonds. The summed E-state index contributed by atoms with van der Waals surface area (Å²) >= 11 is 0. The number of nitrogens with two attached hydrogens (primary N) is 1. The van der Waals surface area contributed by atoms with Gasteiger partial charge in [-0.05, 0) is 44.7 Å². The van der Waals surface area contributed by atoms with Gasteiger partial charge in [-0.3, -0.25) is 0 Å². The predicted molar refractivity (Wildman–Crippen MR) is 86.6 cm³/mol. The minimum Gasteiger partial charge on any atom is -0.489 e. The molecule has 0 saturated heterocycles. The molecule has 1 unspecified atom stereocenters. The molecule has 1 aromatic carbocycles. The topological polar surface area (TPSA) is 53.1 Å². The molecule has 0 aliphatic heterocycles. The smallest absolute Gasteiger partial charge is 0.201 e. The maximum atomic E-state index is 6.22. The third-order valence-electron chi connectivity index (χ3n) is 4.21. The molecule has 1 fully saturated rings. The van der Waals surface area contributed by atoms with Crippen LogP contribution in [0.1, 0.15) is 52.5 Å². The first kappa shape index (κ1) is 14.2. The molecule has 0 spiro atoms. The SMILES string of the molecule is CCC(CC1CC1)n1c(N)nc2c(OC(C)C)cccc21. The normalized spacial score (nSPS) is 16.6. The lowest BCUT2D eigenvalue weighted by Gasteiger charge is -2.19. The van der Waals surface area contributed by atoms with E-state index in [0.29, 0.717) is 12.0 Å². The first-order chi connectivity index (χ1) is 10.1. The summed E-state index contributed by atoms with van der Waals surface area (Å²) in [6.45, 7) is 6.29. The Labute approximate surface area is 126 Å². The summed E-state index contributed by atoms with van der Waals surface area (Å²) in [4.78, 5) is 4.58. The van der Waals surface area contributed by atoms with E-state index in [2.05, 4.69) is 22.5 Å². The van der Waals surface area contributed by atoms with Crippen LogP contribution in [0.5, 0.6) is 5.75 Å². The second-order valence-electron chi connectivity index (χ2n) is 6.37. The zero-order valence-electron chi connectivity index (χ0n) is 13.2. The monoisotopic (exact) mass is 287 g/mol. The van der Waals surface area contributed by atoms with E-state index < -0.39 is 0 Å². The molecule has 1 saturated carbocycles. The van der Waals surface area contributed by atoms with E-state index in [9.17, 15) is 0 Å². The van der Waals surface area contributed by atoms with Crippen LogP contribution in [-0.2, 0) is 0 Å². The minimum atomic E-state index is 0.135. The summed E-state index contributed by atoms with van der Waals surface area (Å²) in [6.07, 6.45) is 5.16. The van der Waals surface area contributed by atoms with Crippen molar-refractivity contribution in [3.05, 3.63) is 18.2 Å². The van der Waals surface area contributed by atoms with E-state index in [0.717, 1.165) is 29.1 Å². The van der Waals surface area contributed by atoms with Crippen molar-refractivity contribution in [3.63, 3.8) is 0 Å². The number of ether oxygens (including phenoxy) is 1. The van der Waals surface area contributed by atoms with Crippen molar-refractivity contribution in [1.29, 1.82) is 0 Å². The first-order valence-electron chi connectivity index (χ1n) is 8.03. The predicted octanol–water partition coefficient (Wildman–Crippen LogP) is 4.16. The Morgan fingerprint density at radius 1 is 1.38 bits per heavy atom. The second-order valence-corrected chi connectivity index (χ2v) is 6.37. The van der Waals surface area contributed by atoms with E-state index in [1.807, 2.05) is 26.0 Å². The van der Waals surface area contributed by atoms with Crippen LogP contribution in [0.15, 0.2) is 18.2 Å². The third kappa shape index (κ3) is 2.85. The highest BCUT2D eigenvalue weighted by atomic mass is 16.5. The van der Waals surface area contributed by atoms with E-state index in [1.54, 1.807) is 0 Å². The highest BCUT2D eigenvalue weighted by Gasteiger charge is 2.27. The van der Waals surface area contributed by atoms with Crippen LogP contribution in [0.4, 0.5) is 5.95 Å². The van der Waals surface area contributed by atoms with Gasteiger partial charge in [0.25, 0.3) is 0 Å². The van der Waals surface area contributed by atoms with Gasteiger partial charge in [0.2, 0.25) is 5.95 Å². The number of nitrogens with zero attached hydrogens (tertiary/aromatic N) is 2. The molecule has 21 heavy (non-hydrogen) atoms. The second kappa shape index (κ2) is 5.58. The van der Waals surface area contributed by atoms with Gasteiger partial charge < -0.3 is 15.0 Å². The lowest BCUT2D eigenvalue weighted by atomic mass is 10.1. The molecule has 1 atom stereocenters. The van der Waals surface area contributed by atoms with Crippen LogP contribution in [0.25, 0.3) is 11.0 Å². The van der Waals surface area contributed by atoms with Crippen molar-refractivity contribution in [3.8, 4) is 5.75 Å². The van der Waals surface area contributed by atoms with Crippen LogP contribution < -0.4 is 10.5 Å². The molecule has 1 aromatic heterocycles. The van der Waals surface area contributed by atoms with Crippen molar-refractivity contribution in [2.45, 2.75) is 58.6 Å². The lowest BCUT2D eigenvalue weighted by molar-refractivity contribution is 0.245. The van der Waals surface area contributed by atoms with Crippen LogP contribution in [0, 0.1) is 5.92 Å². The largest absolute Gasteiger partial charge is 0.489 e. The Balaban J connectivity index is 2.03. The maximum absolute atomic E-state index is 6.22. The number of hydrogen-bond acceptors (Lipinski definition) is 3. The summed E-state index contributed by atoms with van der Waals surface area (Å²) in [5.74, 6) is 2.31. The molecule has 1 aliphatic rings. The molecular formula is C17H25N3O. The van der Waals surface area contributed by atoms with Crippen molar-refractivity contribution < 1.29 is 4.74 Å². The maximum Gasteiger partial charge on any atom is 0.201 e. The number of para-hydroxylation sites is 1. The molecule has 114 valence electrons. The van der Waals surface area contributed by atoms with Gasteiger partial charge >= 0.3 is 0 Å². The minimum absolute atomic E-state index is 0.135. The van der Waals surface area contributed by atoms with Gasteiger partial charge in [0.05, 0.1) is 11.6 Å². The van der Waals surface area contributed by atoms with Crippen LogP contribution in [0.3, 0.4) is 0 Å². The van der Waals surface area contributed by atoms with E-state index in [4.69, 9.17) is 10.5 Å². The molecule has 1 aliphatic carbocycles. The average molecular weight is 287 g/mol. The standard InChI is InChI=1S/C17H25N3O/c1-4-13(10-12-8-9-12)20-14-6-5-7-15(21-11(2)3)16(14)19-17(20)18/h5-7,11-13H,4,8-10H2,1-3H3,(H2,18,19). The summed E-state index contributed by atoms with van der Waals surface area (Å²) < 4.78 is 8.08. The number of nitrogen functional groups attached to an aromatic ring is 1. The first-order valence-corrected chi connectivity index (χ1v) is 8.03. The van der Waals surface area contributed by atoms with Gasteiger partial charge in [0.15, 0.2) is 0 Å². The number of hydrogen-bond donors (Lipinski definition) is 1. The molecule has 0 radical (unpaired) electrons. The third-order valence-corrected chi connectivity index (χ3v) is 4.21. The number of anilines is 1. The molecule has 3 rings (SSSR count). The summed E-state index contributed by atoms with van der Waals surface area (Å²) in [5.41, 5.74) is 8.20. The zero-order chi connectivity index (χ0) is 15.0. The Kier molecular flexibility index (Phi) is 3.79. The Morgan fingerprint density at radius 2 is 2.14 bits per heavy atom. The fourth-order valence-electron chi connectivity index (χ4n) is 3.04. The number of imidazole rings is 1. The highest BCUT2D eigenvalue weighted by Crippen LogP contribution is 2.40. The lowest BCUT2D eigenvalue weighted by Crippen LogP contribution is -2.12. The molecule has 2 aromatic rings. The highest BCUT2D eigenvalue weighted by molar-refractivity contribution is 5.84. The summed E-state index contributed by atoms with van der Waals surface area (Å²) in [7, 11) is 0. The van der Waals surface area contributed by atoms with Gasteiger partial charge in [-0.1, -0.05) is 25.8 Å². The van der Waals surface area contributed by atoms with E-state index in [1.165, 1.54) is 19.3 Å². The van der Waals surface area contributed by atoms with Crippen molar-refractivity contribution >= 4 is 17.0 Å². The van der Waals surface area contributed by atoms with Crippen LogP contribution >= 0.6 is 0 Å². The van der Waals surface area contributed by atoms with Gasteiger partial charge in [0, 0.05) is 6.04 Å². The van der Waals surface area contributed by atoms with Crippen molar-refractivity contribution in [2.75, 3.05) is 5.73 Å². The molecule has 2 N–H and O–H groups in total. The Morgan fingerprint density at radius 3 is 2.76 bits per heavy atom. The summed E-state index contributed by atoms with van der Waals surface area (Å²) in [6, 6.07) is 6.54. The van der Waals surface area contributed by atoms with Crippen LogP contribution in [0.2, 0.25) is 0 Å². The molecular weight excluding hydrogens is 262 g/mol. The molecule has 1 heterocycles. The zero-order valence-corrected chi connectivity index (χ0v) is 13.2. The number of fused-ring (bicyclic) bond motifs is 1. The number of aromatic nitrogens is 2. The van der Waals surface area contributed by atoms with Crippen molar-refractivity contribution in [2.24, 2.45) is 5.92 Å². The Bertz CT molecular complexity index is 628. The summed E-state index contributed by atoms with van der Waals surface area (Å²) in [5, 5.41) is 0. The van der Waals surface area contributed by atoms with E-state index >= 15 is 0 Å². The molecule has 0 bridgehead atoms. The quantitative estimate of drug-likeness (QED) is 0.868. The van der Waals surface area contributed by atoms with Crippen molar-refractivity contribution in [1.82, 2.24) is 9.55 Å². The van der Waals surface area contributed by atoms with Crippen LogP contribution in [-0.4, -0.2) is 15.7 Å². The average Bonchev–Trinajstić information content (AvgIpc) is 3.18. The van der Waals surface area contributed by atoms with E-state index in [-0.39, 0.29) is 6.10 Å². The fraction of sp³-hybridized carbons (Fsp3) is 0.588. The molecule has 4 heteroatoms. The number of benzene rings is 1. The number of rotatable bonds is 6. The van der Waals surface area contributed by atoms with Gasteiger partial charge in [-0.2, -0.15) is 0 Å². The Hall–Kier alpha value is -1.71.